The first-order valence-corrected chi connectivity index (χ1v) is 7.26. The number of nitrogens with zero attached hydrogens (tertiary/aromatic N) is 3. The molecule has 0 aliphatic heterocycles. The first-order valence-electron chi connectivity index (χ1n) is 7.26. The Labute approximate surface area is 145 Å². The van der Waals surface area contributed by atoms with Gasteiger partial charge < -0.3 is 16.0 Å². The molecule has 0 radical (unpaired) electrons. The normalized spacial score (nSPS) is 11.1. The highest BCUT2D eigenvalue weighted by Crippen LogP contribution is 1.56. The molecule has 0 aromatic rings. The quantitative estimate of drug-likeness (QED) is 0.146. The maximum absolute atomic E-state index is 3.83. The molecular formula is C12H36N12. The summed E-state index contributed by atoms with van der Waals surface area (Å²) in [6.07, 6.45) is 0. The first-order chi connectivity index (χ1) is 11.5. The van der Waals surface area contributed by atoms with Crippen molar-refractivity contribution in [2.45, 2.75) is 0 Å². The summed E-state index contributed by atoms with van der Waals surface area (Å²) in [5.41, 5.74) is 16.5. The van der Waals surface area contributed by atoms with Crippen molar-refractivity contribution >= 4 is 17.9 Å². The van der Waals surface area contributed by atoms with Crippen LogP contribution in [0.5, 0.6) is 0 Å². The van der Waals surface area contributed by atoms with Crippen LogP contribution in [-0.2, 0) is 0 Å². The average Bonchev–Trinajstić information content (AvgIpc) is 2.63. The largest absolute Gasteiger partial charge is 0.358 e. The highest BCUT2D eigenvalue weighted by Gasteiger charge is 1.84. The number of hydrogen-bond donors (Lipinski definition) is 9. The van der Waals surface area contributed by atoms with Gasteiger partial charge in [0.25, 0.3) is 0 Å². The first kappa shape index (κ1) is 26.6. The summed E-state index contributed by atoms with van der Waals surface area (Å²) >= 11 is 0. The topological polar surface area (TPSA) is 145 Å². The Kier molecular flexibility index (Phi) is 25.4. The van der Waals surface area contributed by atoms with Gasteiger partial charge >= 0.3 is 0 Å². The van der Waals surface area contributed by atoms with E-state index in [4.69, 9.17) is 0 Å². The Balaban J connectivity index is -0.000000276. The van der Waals surface area contributed by atoms with E-state index in [0.29, 0.717) is 0 Å². The Morgan fingerprint density at radius 2 is 0.667 bits per heavy atom. The number of aliphatic imine (C=N–C) groups is 3. The lowest BCUT2D eigenvalue weighted by Gasteiger charge is -2.04. The molecule has 0 fully saturated rings. The molecule has 0 rings (SSSR count). The van der Waals surface area contributed by atoms with Crippen LogP contribution in [0.2, 0.25) is 0 Å². The number of rotatable bonds is 3. The van der Waals surface area contributed by atoms with Gasteiger partial charge in [-0.15, -0.1) is 0 Å². The molecule has 0 saturated heterocycles. The number of nitrogens with one attached hydrogen (secondary N) is 9. The van der Waals surface area contributed by atoms with E-state index >= 15 is 0 Å². The Hall–Kier alpha value is -2.31. The van der Waals surface area contributed by atoms with Crippen LogP contribution >= 0.6 is 0 Å². The fraction of sp³-hybridized carbons (Fsp3) is 0.750. The van der Waals surface area contributed by atoms with Crippen molar-refractivity contribution < 1.29 is 0 Å². The van der Waals surface area contributed by atoms with Crippen LogP contribution in [-0.4, -0.2) is 81.3 Å². The van der Waals surface area contributed by atoms with Crippen molar-refractivity contribution in [1.82, 2.24) is 48.5 Å². The maximum Gasteiger partial charge on any atom is 0.205 e. The third kappa shape index (κ3) is 19.7. The van der Waals surface area contributed by atoms with Crippen molar-refractivity contribution in [1.29, 1.82) is 0 Å². The molecule has 0 aromatic carbocycles. The van der Waals surface area contributed by atoms with Crippen LogP contribution in [0, 0.1) is 0 Å². The summed E-state index contributed by atoms with van der Waals surface area (Å²) in [7, 11) is 15.8. The lowest BCUT2D eigenvalue weighted by molar-refractivity contribution is 0.742. The molecule has 0 unspecified atom stereocenters. The molecule has 0 bridgehead atoms. The third-order valence-electron chi connectivity index (χ3n) is 2.11. The zero-order valence-electron chi connectivity index (χ0n) is 16.3. The fourth-order valence-corrected chi connectivity index (χ4v) is 1.05. The summed E-state index contributed by atoms with van der Waals surface area (Å²) in [6.45, 7) is 0. The zero-order valence-corrected chi connectivity index (χ0v) is 16.3. The standard InChI is InChI=1S/3C4H12N4/c3*1-5-4(6-2)8-7-3/h3*7H,1-3H3,(H2,5,6,8). The van der Waals surface area contributed by atoms with E-state index in [-0.39, 0.29) is 0 Å². The highest BCUT2D eigenvalue weighted by atomic mass is 15.4. The molecule has 12 heteroatoms. The van der Waals surface area contributed by atoms with Crippen LogP contribution in [0.15, 0.2) is 15.0 Å². The van der Waals surface area contributed by atoms with E-state index in [9.17, 15) is 0 Å². The molecule has 0 amide bonds. The van der Waals surface area contributed by atoms with Crippen molar-refractivity contribution in [3.05, 3.63) is 0 Å². The molecule has 0 atom stereocenters. The second-order valence-electron chi connectivity index (χ2n) is 3.59. The molecular weight excluding hydrogens is 312 g/mol. The van der Waals surface area contributed by atoms with Gasteiger partial charge in [-0.25, -0.2) is 16.3 Å². The minimum atomic E-state index is 0.729. The minimum Gasteiger partial charge on any atom is -0.358 e. The van der Waals surface area contributed by atoms with Crippen LogP contribution < -0.4 is 48.5 Å². The van der Waals surface area contributed by atoms with Crippen LogP contribution in [0.3, 0.4) is 0 Å². The zero-order chi connectivity index (χ0) is 19.2. The Morgan fingerprint density at radius 1 is 0.458 bits per heavy atom. The van der Waals surface area contributed by atoms with Gasteiger partial charge in [0.2, 0.25) is 17.9 Å². The van der Waals surface area contributed by atoms with Crippen molar-refractivity contribution in [2.24, 2.45) is 15.0 Å². The van der Waals surface area contributed by atoms with E-state index in [0.717, 1.165) is 17.9 Å². The predicted molar refractivity (Wildman–Crippen MR) is 104 cm³/mol. The van der Waals surface area contributed by atoms with E-state index in [2.05, 4.69) is 63.5 Å². The lowest BCUT2D eigenvalue weighted by Crippen LogP contribution is -2.41. The molecule has 0 aromatic heterocycles. The van der Waals surface area contributed by atoms with Crippen LogP contribution in [0.25, 0.3) is 0 Å². The minimum absolute atomic E-state index is 0.729. The molecule has 0 heterocycles. The second-order valence-corrected chi connectivity index (χ2v) is 3.59. The summed E-state index contributed by atoms with van der Waals surface area (Å²) in [5, 5.41) is 8.49. The molecule has 0 spiro atoms. The summed E-state index contributed by atoms with van der Waals surface area (Å²) in [6, 6.07) is 0. The van der Waals surface area contributed by atoms with E-state index in [1.807, 2.05) is 0 Å². The molecule has 0 saturated carbocycles. The lowest BCUT2D eigenvalue weighted by atomic mass is 10.9. The molecule has 24 heavy (non-hydrogen) atoms. The predicted octanol–water partition coefficient (Wildman–Crippen LogP) is -3.25. The van der Waals surface area contributed by atoms with E-state index < -0.39 is 0 Å². The number of hydrogen-bond acceptors (Lipinski definition) is 6. The summed E-state index contributed by atoms with van der Waals surface area (Å²) in [5.74, 6) is 2.19. The van der Waals surface area contributed by atoms with Crippen molar-refractivity contribution in [3.63, 3.8) is 0 Å². The second kappa shape index (κ2) is 23.0. The van der Waals surface area contributed by atoms with Gasteiger partial charge in [0.15, 0.2) is 0 Å². The van der Waals surface area contributed by atoms with Gasteiger partial charge in [0.1, 0.15) is 0 Å². The summed E-state index contributed by atoms with van der Waals surface area (Å²) < 4.78 is 0. The van der Waals surface area contributed by atoms with Gasteiger partial charge in [-0.3, -0.25) is 31.3 Å². The molecule has 9 N–H and O–H groups in total. The van der Waals surface area contributed by atoms with Gasteiger partial charge in [0.05, 0.1) is 0 Å². The molecule has 0 aliphatic rings. The van der Waals surface area contributed by atoms with Gasteiger partial charge in [-0.1, -0.05) is 0 Å². The third-order valence-corrected chi connectivity index (χ3v) is 2.11. The summed E-state index contributed by atoms with van der Waals surface area (Å²) in [4.78, 5) is 11.5. The molecule has 144 valence electrons. The SMILES string of the molecule is CN=C(NC)NNC.CN=C(NC)NNC.CN=C(NC)NNC. The van der Waals surface area contributed by atoms with E-state index in [1.165, 1.54) is 0 Å². The van der Waals surface area contributed by atoms with Crippen LogP contribution in [0.1, 0.15) is 0 Å². The van der Waals surface area contributed by atoms with Gasteiger partial charge in [0, 0.05) is 63.4 Å². The fourth-order valence-electron chi connectivity index (χ4n) is 1.05. The van der Waals surface area contributed by atoms with Gasteiger partial charge in [-0.2, -0.15) is 0 Å². The Bertz CT molecular complexity index is 287. The van der Waals surface area contributed by atoms with Crippen LogP contribution in [0.4, 0.5) is 0 Å². The Morgan fingerprint density at radius 3 is 0.708 bits per heavy atom. The number of guanidine groups is 3. The van der Waals surface area contributed by atoms with Crippen molar-refractivity contribution in [2.75, 3.05) is 63.4 Å². The van der Waals surface area contributed by atoms with Crippen molar-refractivity contribution in [3.8, 4) is 0 Å². The monoisotopic (exact) mass is 348 g/mol. The maximum atomic E-state index is 3.83. The van der Waals surface area contributed by atoms with Gasteiger partial charge in [-0.05, 0) is 0 Å². The van der Waals surface area contributed by atoms with E-state index in [1.54, 1.807) is 63.4 Å². The molecule has 0 aliphatic carbocycles. The highest BCUT2D eigenvalue weighted by molar-refractivity contribution is 5.79. The average molecular weight is 349 g/mol. The smallest absolute Gasteiger partial charge is 0.205 e. The number of hydrazine groups is 3. The molecule has 12 nitrogen and oxygen atoms in total.